The standard InChI is InChI=1S/C21H21N5O3/c1-12(2)21-23-17-10-14(8-9-18(17)29-21)22-20(27)19-13(3)26(25-24-19)15-6-5-7-16(11-15)28-4/h5-12H,1-4H3,(H,22,27). The van der Waals surface area contributed by atoms with Gasteiger partial charge in [-0.3, -0.25) is 4.79 Å². The van der Waals surface area contributed by atoms with Crippen LogP contribution >= 0.6 is 0 Å². The van der Waals surface area contributed by atoms with Gasteiger partial charge < -0.3 is 14.5 Å². The number of nitrogens with one attached hydrogen (secondary N) is 1. The number of oxazole rings is 1. The van der Waals surface area contributed by atoms with Crippen LogP contribution in [0.4, 0.5) is 5.69 Å². The van der Waals surface area contributed by atoms with E-state index in [1.54, 1.807) is 36.9 Å². The van der Waals surface area contributed by atoms with E-state index in [4.69, 9.17) is 9.15 Å². The molecule has 2 aromatic carbocycles. The van der Waals surface area contributed by atoms with Crippen molar-refractivity contribution in [3.63, 3.8) is 0 Å². The number of amides is 1. The highest BCUT2D eigenvalue weighted by Crippen LogP contribution is 2.24. The van der Waals surface area contributed by atoms with E-state index in [1.165, 1.54) is 0 Å². The molecule has 0 aliphatic carbocycles. The van der Waals surface area contributed by atoms with Gasteiger partial charge in [-0.25, -0.2) is 9.67 Å². The lowest BCUT2D eigenvalue weighted by Crippen LogP contribution is -2.14. The van der Waals surface area contributed by atoms with E-state index in [9.17, 15) is 4.79 Å². The van der Waals surface area contributed by atoms with Crippen molar-refractivity contribution in [2.24, 2.45) is 0 Å². The fourth-order valence-corrected chi connectivity index (χ4v) is 2.99. The molecule has 2 aromatic heterocycles. The second kappa shape index (κ2) is 7.38. The summed E-state index contributed by atoms with van der Waals surface area (Å²) in [5.41, 5.74) is 3.63. The van der Waals surface area contributed by atoms with E-state index in [2.05, 4.69) is 20.6 Å². The number of anilines is 1. The van der Waals surface area contributed by atoms with Gasteiger partial charge in [0, 0.05) is 17.7 Å². The van der Waals surface area contributed by atoms with Gasteiger partial charge in [-0.05, 0) is 37.3 Å². The summed E-state index contributed by atoms with van der Waals surface area (Å²) in [5.74, 6) is 1.21. The predicted octanol–water partition coefficient (Wildman–Crippen LogP) is 4.10. The van der Waals surface area contributed by atoms with Crippen LogP contribution in [0.5, 0.6) is 5.75 Å². The van der Waals surface area contributed by atoms with Crippen molar-refractivity contribution >= 4 is 22.7 Å². The lowest BCUT2D eigenvalue weighted by atomic mass is 10.2. The number of fused-ring (bicyclic) bond motifs is 1. The number of benzene rings is 2. The number of hydrogen-bond donors (Lipinski definition) is 1. The lowest BCUT2D eigenvalue weighted by molar-refractivity contribution is 0.102. The smallest absolute Gasteiger partial charge is 0.278 e. The number of nitrogens with zero attached hydrogens (tertiary/aromatic N) is 4. The molecular formula is C21H21N5O3. The van der Waals surface area contributed by atoms with Crippen molar-refractivity contribution in [3.8, 4) is 11.4 Å². The summed E-state index contributed by atoms with van der Waals surface area (Å²) in [7, 11) is 1.60. The first-order chi connectivity index (χ1) is 14.0. The van der Waals surface area contributed by atoms with Gasteiger partial charge >= 0.3 is 0 Å². The van der Waals surface area contributed by atoms with Crippen molar-refractivity contribution in [1.29, 1.82) is 0 Å². The fourth-order valence-electron chi connectivity index (χ4n) is 2.99. The quantitative estimate of drug-likeness (QED) is 0.550. The molecule has 0 atom stereocenters. The third-order valence-electron chi connectivity index (χ3n) is 4.56. The van der Waals surface area contributed by atoms with Crippen LogP contribution in [0.25, 0.3) is 16.8 Å². The van der Waals surface area contributed by atoms with Crippen molar-refractivity contribution in [2.45, 2.75) is 26.7 Å². The Balaban J connectivity index is 1.59. The first-order valence-electron chi connectivity index (χ1n) is 9.25. The molecule has 8 heteroatoms. The molecule has 0 radical (unpaired) electrons. The number of ether oxygens (including phenoxy) is 1. The number of aromatic nitrogens is 4. The zero-order valence-corrected chi connectivity index (χ0v) is 16.6. The van der Waals surface area contributed by atoms with Gasteiger partial charge in [-0.1, -0.05) is 25.1 Å². The fraction of sp³-hybridized carbons (Fsp3) is 0.238. The molecule has 8 nitrogen and oxygen atoms in total. The summed E-state index contributed by atoms with van der Waals surface area (Å²) in [6, 6.07) is 12.7. The summed E-state index contributed by atoms with van der Waals surface area (Å²) >= 11 is 0. The summed E-state index contributed by atoms with van der Waals surface area (Å²) < 4.78 is 12.6. The molecule has 0 fully saturated rings. The molecule has 0 aliphatic rings. The van der Waals surface area contributed by atoms with Crippen LogP contribution in [-0.2, 0) is 0 Å². The molecular weight excluding hydrogens is 370 g/mol. The average Bonchev–Trinajstić information content (AvgIpc) is 3.31. The van der Waals surface area contributed by atoms with Crippen molar-refractivity contribution in [1.82, 2.24) is 20.0 Å². The average molecular weight is 391 g/mol. The van der Waals surface area contributed by atoms with Crippen LogP contribution in [0.15, 0.2) is 46.9 Å². The molecule has 0 saturated heterocycles. The minimum absolute atomic E-state index is 0.190. The highest BCUT2D eigenvalue weighted by Gasteiger charge is 2.18. The third-order valence-corrected chi connectivity index (χ3v) is 4.56. The maximum absolute atomic E-state index is 12.8. The monoisotopic (exact) mass is 391 g/mol. The molecule has 148 valence electrons. The number of rotatable bonds is 5. The lowest BCUT2D eigenvalue weighted by Gasteiger charge is -2.06. The zero-order chi connectivity index (χ0) is 20.5. The van der Waals surface area contributed by atoms with Gasteiger partial charge in [0.05, 0.1) is 18.5 Å². The van der Waals surface area contributed by atoms with Crippen LogP contribution in [0.3, 0.4) is 0 Å². The van der Waals surface area contributed by atoms with Crippen LogP contribution in [0.1, 0.15) is 41.8 Å². The zero-order valence-electron chi connectivity index (χ0n) is 16.6. The minimum atomic E-state index is -0.344. The molecule has 2 heterocycles. The van der Waals surface area contributed by atoms with E-state index in [-0.39, 0.29) is 17.5 Å². The Hall–Kier alpha value is -3.68. The summed E-state index contributed by atoms with van der Waals surface area (Å²) in [6.07, 6.45) is 0. The molecule has 0 saturated carbocycles. The Labute approximate surface area is 167 Å². The molecule has 0 aliphatic heterocycles. The molecule has 0 unspecified atom stereocenters. The first-order valence-corrected chi connectivity index (χ1v) is 9.25. The maximum atomic E-state index is 12.8. The van der Waals surface area contributed by atoms with Crippen LogP contribution in [0, 0.1) is 6.92 Å². The van der Waals surface area contributed by atoms with Crippen molar-refractivity contribution in [3.05, 3.63) is 59.7 Å². The molecule has 1 N–H and O–H groups in total. The van der Waals surface area contributed by atoms with Gasteiger partial charge in [0.1, 0.15) is 11.3 Å². The number of carbonyl (C=O) groups excluding carboxylic acids is 1. The Kier molecular flexibility index (Phi) is 4.75. The predicted molar refractivity (Wildman–Crippen MR) is 109 cm³/mol. The Bertz CT molecular complexity index is 1190. The third kappa shape index (κ3) is 3.56. The second-order valence-electron chi connectivity index (χ2n) is 6.98. The number of hydrogen-bond acceptors (Lipinski definition) is 6. The summed E-state index contributed by atoms with van der Waals surface area (Å²) in [6.45, 7) is 5.83. The van der Waals surface area contributed by atoms with Gasteiger partial charge in [0.2, 0.25) is 0 Å². The van der Waals surface area contributed by atoms with Crippen LogP contribution < -0.4 is 10.1 Å². The van der Waals surface area contributed by atoms with E-state index in [0.717, 1.165) is 5.69 Å². The molecule has 29 heavy (non-hydrogen) atoms. The van der Waals surface area contributed by atoms with E-state index in [0.29, 0.717) is 34.1 Å². The van der Waals surface area contributed by atoms with E-state index < -0.39 is 0 Å². The van der Waals surface area contributed by atoms with E-state index >= 15 is 0 Å². The van der Waals surface area contributed by atoms with Gasteiger partial charge in [0.15, 0.2) is 17.2 Å². The highest BCUT2D eigenvalue weighted by molar-refractivity contribution is 6.04. The Morgan fingerprint density at radius 1 is 1.21 bits per heavy atom. The highest BCUT2D eigenvalue weighted by atomic mass is 16.5. The minimum Gasteiger partial charge on any atom is -0.497 e. The molecule has 1 amide bonds. The second-order valence-corrected chi connectivity index (χ2v) is 6.98. The normalized spacial score (nSPS) is 11.2. The molecule has 4 rings (SSSR count). The summed E-state index contributed by atoms with van der Waals surface area (Å²) in [4.78, 5) is 17.2. The Morgan fingerprint density at radius 3 is 2.79 bits per heavy atom. The topological polar surface area (TPSA) is 95.1 Å². The van der Waals surface area contributed by atoms with E-state index in [1.807, 2.05) is 38.1 Å². The van der Waals surface area contributed by atoms with Crippen LogP contribution in [-0.4, -0.2) is 33.0 Å². The molecule has 0 bridgehead atoms. The van der Waals surface area contributed by atoms with Gasteiger partial charge in [-0.2, -0.15) is 0 Å². The SMILES string of the molecule is COc1cccc(-n2nnc(C(=O)Nc3ccc4oc(C(C)C)nc4c3)c2C)c1. The number of carbonyl (C=O) groups is 1. The van der Waals surface area contributed by atoms with Gasteiger partial charge in [-0.15, -0.1) is 5.10 Å². The summed E-state index contributed by atoms with van der Waals surface area (Å²) in [5, 5.41) is 11.0. The molecule has 0 spiro atoms. The first kappa shape index (κ1) is 18.7. The van der Waals surface area contributed by atoms with Gasteiger partial charge in [0.25, 0.3) is 5.91 Å². The van der Waals surface area contributed by atoms with Crippen molar-refractivity contribution < 1.29 is 13.9 Å². The largest absolute Gasteiger partial charge is 0.497 e. The molecule has 4 aromatic rings. The maximum Gasteiger partial charge on any atom is 0.278 e. The van der Waals surface area contributed by atoms with Crippen molar-refractivity contribution in [2.75, 3.05) is 12.4 Å². The number of methoxy groups -OCH3 is 1. The Morgan fingerprint density at radius 2 is 2.03 bits per heavy atom. The van der Waals surface area contributed by atoms with Crippen LogP contribution in [0.2, 0.25) is 0 Å².